The number of methoxy groups -OCH3 is 1. The van der Waals surface area contributed by atoms with E-state index in [-0.39, 0.29) is 6.04 Å². The molecule has 6 rings (SSSR count). The van der Waals surface area contributed by atoms with Crippen LogP contribution in [0.15, 0.2) is 67.4 Å². The van der Waals surface area contributed by atoms with E-state index in [1.165, 1.54) is 0 Å². The van der Waals surface area contributed by atoms with Crippen molar-refractivity contribution >= 4 is 10.9 Å². The molecule has 1 N–H and O–H groups in total. The van der Waals surface area contributed by atoms with Crippen LogP contribution in [-0.4, -0.2) is 40.8 Å². The Kier molecular flexibility index (Phi) is 6.09. The number of ether oxygens (including phenoxy) is 1. The number of benzene rings is 2. The SMILES string of the molecule is C=CC1C[N+]2(Cc3ccc(C(F)(F)F)cc3)CCC1CC2[C@H](O)c1ccnc2ccc(OC)cc12. The molecule has 1 aromatic heterocycles. The van der Waals surface area contributed by atoms with E-state index in [0.29, 0.717) is 28.6 Å². The number of fused-ring (bicyclic) bond motifs is 4. The van der Waals surface area contributed by atoms with Gasteiger partial charge in [0.25, 0.3) is 0 Å². The Morgan fingerprint density at radius 1 is 1.20 bits per heavy atom. The summed E-state index contributed by atoms with van der Waals surface area (Å²) in [6, 6.07) is 12.9. The van der Waals surface area contributed by atoms with Gasteiger partial charge in [-0.3, -0.25) is 4.98 Å². The molecule has 0 saturated carbocycles. The summed E-state index contributed by atoms with van der Waals surface area (Å²) in [5.41, 5.74) is 1.80. The molecular formula is C28H30F3N2O2+. The molecule has 2 aromatic carbocycles. The molecule has 0 amide bonds. The van der Waals surface area contributed by atoms with Crippen molar-refractivity contribution in [2.75, 3.05) is 20.2 Å². The zero-order valence-corrected chi connectivity index (χ0v) is 19.7. The van der Waals surface area contributed by atoms with Gasteiger partial charge >= 0.3 is 6.18 Å². The molecule has 0 aliphatic carbocycles. The standard InChI is InChI=1S/C28H30F3N2O2/c1-3-19-17-33(16-18-4-6-21(7-5-18)28(29,30)31)13-11-20(19)14-26(33)27(34)23-10-12-32-25-9-8-22(35-2)15-24(23)25/h3-10,12,15,19-20,26-27,34H,1,11,13-14,16-17H2,2H3/q+1/t19?,20?,26?,27-,33?/m1/s1. The highest BCUT2D eigenvalue weighted by Gasteiger charge is 2.54. The van der Waals surface area contributed by atoms with Crippen LogP contribution < -0.4 is 4.74 Å². The van der Waals surface area contributed by atoms with Crippen LogP contribution in [0, 0.1) is 11.8 Å². The summed E-state index contributed by atoms with van der Waals surface area (Å²) in [7, 11) is 1.61. The van der Waals surface area contributed by atoms with Crippen LogP contribution in [0.25, 0.3) is 10.9 Å². The Bertz CT molecular complexity index is 1230. The van der Waals surface area contributed by atoms with Crippen molar-refractivity contribution in [1.29, 1.82) is 0 Å². The summed E-state index contributed by atoms with van der Waals surface area (Å²) in [4.78, 5) is 4.45. The molecule has 4 nitrogen and oxygen atoms in total. The number of nitrogens with zero attached hydrogens (tertiary/aromatic N) is 2. The Morgan fingerprint density at radius 3 is 2.66 bits per heavy atom. The number of pyridine rings is 1. The normalized spacial score (nSPS) is 27.1. The zero-order chi connectivity index (χ0) is 24.8. The molecule has 3 aromatic rings. The second-order valence-corrected chi connectivity index (χ2v) is 9.96. The van der Waals surface area contributed by atoms with Gasteiger partial charge in [-0.2, -0.15) is 13.2 Å². The van der Waals surface area contributed by atoms with Gasteiger partial charge in [0.05, 0.1) is 31.3 Å². The van der Waals surface area contributed by atoms with E-state index < -0.39 is 17.8 Å². The van der Waals surface area contributed by atoms with Crippen molar-refractivity contribution in [3.05, 3.63) is 84.1 Å². The van der Waals surface area contributed by atoms with Crippen molar-refractivity contribution in [3.8, 4) is 5.75 Å². The van der Waals surface area contributed by atoms with Crippen LogP contribution in [0.5, 0.6) is 5.75 Å². The van der Waals surface area contributed by atoms with Crippen LogP contribution in [-0.2, 0) is 12.7 Å². The average molecular weight is 484 g/mol. The number of aromatic nitrogens is 1. The second-order valence-electron chi connectivity index (χ2n) is 9.96. The van der Waals surface area contributed by atoms with Crippen molar-refractivity contribution in [1.82, 2.24) is 4.98 Å². The molecule has 7 heteroatoms. The van der Waals surface area contributed by atoms with E-state index in [1.54, 1.807) is 25.4 Å². The van der Waals surface area contributed by atoms with E-state index >= 15 is 0 Å². The first-order valence-electron chi connectivity index (χ1n) is 12.0. The lowest BCUT2D eigenvalue weighted by Crippen LogP contribution is -2.67. The highest BCUT2D eigenvalue weighted by molar-refractivity contribution is 5.83. The smallest absolute Gasteiger partial charge is 0.416 e. The van der Waals surface area contributed by atoms with Gasteiger partial charge in [-0.25, -0.2) is 0 Å². The molecule has 184 valence electrons. The summed E-state index contributed by atoms with van der Waals surface area (Å²) < 4.78 is 45.3. The quantitative estimate of drug-likeness (QED) is 0.350. The number of quaternary nitrogens is 1. The van der Waals surface area contributed by atoms with Gasteiger partial charge in [-0.05, 0) is 47.9 Å². The number of hydrogen-bond donors (Lipinski definition) is 1. The maximum absolute atomic E-state index is 13.1. The zero-order valence-electron chi connectivity index (χ0n) is 19.7. The van der Waals surface area contributed by atoms with Crippen LogP contribution in [0.2, 0.25) is 0 Å². The van der Waals surface area contributed by atoms with Gasteiger partial charge in [-0.1, -0.05) is 18.2 Å². The first-order chi connectivity index (χ1) is 16.7. The highest BCUT2D eigenvalue weighted by Crippen LogP contribution is 2.48. The highest BCUT2D eigenvalue weighted by atomic mass is 19.4. The fourth-order valence-corrected chi connectivity index (χ4v) is 6.28. The van der Waals surface area contributed by atoms with Crippen molar-refractivity contribution in [3.63, 3.8) is 0 Å². The van der Waals surface area contributed by atoms with Gasteiger partial charge in [0.2, 0.25) is 0 Å². The Morgan fingerprint density at radius 2 is 1.97 bits per heavy atom. The summed E-state index contributed by atoms with van der Waals surface area (Å²) in [6.45, 7) is 6.32. The minimum absolute atomic E-state index is 0.0796. The molecule has 0 spiro atoms. The Hall–Kier alpha value is -2.90. The third-order valence-corrected chi connectivity index (χ3v) is 8.12. The third-order valence-electron chi connectivity index (χ3n) is 8.12. The fraction of sp³-hybridized carbons (Fsp3) is 0.393. The van der Waals surface area contributed by atoms with Crippen LogP contribution in [0.3, 0.4) is 0 Å². The number of aliphatic hydroxyl groups is 1. The van der Waals surface area contributed by atoms with E-state index in [9.17, 15) is 18.3 Å². The third kappa shape index (κ3) is 4.32. The van der Waals surface area contributed by atoms with Gasteiger partial charge in [-0.15, -0.1) is 6.58 Å². The molecule has 3 fully saturated rings. The number of alkyl halides is 3. The summed E-state index contributed by atoms with van der Waals surface area (Å²) in [5.74, 6) is 1.48. The van der Waals surface area contributed by atoms with Gasteiger partial charge < -0.3 is 14.3 Å². The summed E-state index contributed by atoms with van der Waals surface area (Å²) >= 11 is 0. The predicted molar refractivity (Wildman–Crippen MR) is 129 cm³/mol. The Balaban J connectivity index is 1.52. The number of piperidine rings is 3. The van der Waals surface area contributed by atoms with Crippen molar-refractivity contribution < 1.29 is 27.5 Å². The van der Waals surface area contributed by atoms with Gasteiger partial charge in [0, 0.05) is 35.9 Å². The first-order valence-corrected chi connectivity index (χ1v) is 12.0. The van der Waals surface area contributed by atoms with Crippen molar-refractivity contribution in [2.45, 2.75) is 37.7 Å². The molecule has 5 atom stereocenters. The maximum Gasteiger partial charge on any atom is 0.416 e. The number of halogens is 3. The summed E-state index contributed by atoms with van der Waals surface area (Å²) in [6.07, 6.45) is 0.494. The van der Waals surface area contributed by atoms with E-state index in [1.807, 2.05) is 30.3 Å². The monoisotopic (exact) mass is 483 g/mol. The number of rotatable bonds is 6. The minimum atomic E-state index is -4.36. The lowest BCUT2D eigenvalue weighted by molar-refractivity contribution is -0.984. The molecule has 2 bridgehead atoms. The molecule has 4 heterocycles. The molecule has 3 saturated heterocycles. The van der Waals surface area contributed by atoms with Crippen LogP contribution in [0.4, 0.5) is 13.2 Å². The second kappa shape index (κ2) is 8.95. The average Bonchev–Trinajstić information content (AvgIpc) is 2.87. The molecule has 3 aliphatic rings. The van der Waals surface area contributed by atoms with Crippen molar-refractivity contribution in [2.24, 2.45) is 11.8 Å². The molecular weight excluding hydrogens is 453 g/mol. The van der Waals surface area contributed by atoms with E-state index in [4.69, 9.17) is 4.74 Å². The predicted octanol–water partition coefficient (Wildman–Crippen LogP) is 5.91. The Labute approximate surface area is 203 Å². The largest absolute Gasteiger partial charge is 0.497 e. The topological polar surface area (TPSA) is 42.4 Å². The van der Waals surface area contributed by atoms with Crippen LogP contribution >= 0.6 is 0 Å². The number of aliphatic hydroxyl groups excluding tert-OH is 1. The fourth-order valence-electron chi connectivity index (χ4n) is 6.28. The molecule has 0 radical (unpaired) electrons. The maximum atomic E-state index is 13.1. The van der Waals surface area contributed by atoms with E-state index in [2.05, 4.69) is 11.6 Å². The lowest BCUT2D eigenvalue weighted by Gasteiger charge is -2.58. The minimum Gasteiger partial charge on any atom is -0.497 e. The van der Waals surface area contributed by atoms with Crippen LogP contribution in [0.1, 0.15) is 35.6 Å². The van der Waals surface area contributed by atoms with Gasteiger partial charge in [0.15, 0.2) is 0 Å². The summed E-state index contributed by atoms with van der Waals surface area (Å²) in [5, 5.41) is 12.7. The lowest BCUT2D eigenvalue weighted by atomic mass is 9.71. The van der Waals surface area contributed by atoms with E-state index in [0.717, 1.165) is 60.1 Å². The number of hydrogen-bond acceptors (Lipinski definition) is 3. The molecule has 35 heavy (non-hydrogen) atoms. The molecule has 3 aliphatic heterocycles. The molecule has 4 unspecified atom stereocenters. The first kappa shape index (κ1) is 23.8. The van der Waals surface area contributed by atoms with Gasteiger partial charge in [0.1, 0.15) is 24.4 Å².